The maximum atomic E-state index is 6.53. The number of hydrogen-bond donors (Lipinski definition) is 2. The molecule has 6 unspecified atom stereocenters. The molecule has 19 heavy (non-hydrogen) atoms. The SMILES string of the molecule is C[I-]C1C(I)C(C(C)(C)N)C(I)C(C)C1C(C)(C)N. The van der Waals surface area contributed by atoms with Crippen molar-refractivity contribution in [3.63, 3.8) is 0 Å². The zero-order chi connectivity index (χ0) is 15.2. The van der Waals surface area contributed by atoms with Gasteiger partial charge in [0.1, 0.15) is 0 Å². The molecule has 0 bridgehead atoms. The predicted molar refractivity (Wildman–Crippen MR) is 98.0 cm³/mol. The van der Waals surface area contributed by atoms with E-state index >= 15 is 0 Å². The van der Waals surface area contributed by atoms with E-state index in [1.165, 1.54) is 0 Å². The fourth-order valence-electron chi connectivity index (χ4n) is 3.55. The fraction of sp³-hybridized carbons (Fsp3) is 1.00. The number of hydrogen-bond acceptors (Lipinski definition) is 2. The Hall–Kier alpha value is 2.11. The summed E-state index contributed by atoms with van der Waals surface area (Å²) >= 11 is 5.48. The Morgan fingerprint density at radius 1 is 0.895 bits per heavy atom. The third-order valence-corrected chi connectivity index (χ3v) is 12.2. The van der Waals surface area contributed by atoms with E-state index in [1.54, 1.807) is 0 Å². The van der Waals surface area contributed by atoms with E-state index in [0.717, 1.165) is 3.92 Å². The summed E-state index contributed by atoms with van der Waals surface area (Å²) < 4.78 is 2.04. The molecule has 0 amide bonds. The van der Waals surface area contributed by atoms with Crippen LogP contribution in [0.5, 0.6) is 0 Å². The molecule has 0 heterocycles. The molecule has 0 spiro atoms. The molecular weight excluding hydrogens is 577 g/mol. The summed E-state index contributed by atoms with van der Waals surface area (Å²) in [6.07, 6.45) is 0. The summed E-state index contributed by atoms with van der Waals surface area (Å²) in [4.78, 5) is 2.41. The topological polar surface area (TPSA) is 52.0 Å². The Bertz CT molecular complexity index is 309. The Balaban J connectivity index is 3.19. The number of alkyl halides is 4. The second-order valence-corrected chi connectivity index (χ2v) is 12.7. The van der Waals surface area contributed by atoms with Crippen LogP contribution in [0.3, 0.4) is 0 Å². The van der Waals surface area contributed by atoms with Crippen molar-refractivity contribution >= 4 is 45.2 Å². The molecule has 4 N–H and O–H groups in total. The van der Waals surface area contributed by atoms with E-state index in [-0.39, 0.29) is 32.3 Å². The average molecular weight is 605 g/mol. The molecule has 5 heteroatoms. The van der Waals surface area contributed by atoms with Crippen molar-refractivity contribution in [2.45, 2.75) is 57.5 Å². The van der Waals surface area contributed by atoms with Gasteiger partial charge >= 0.3 is 158 Å². The predicted octanol–water partition coefficient (Wildman–Crippen LogP) is 0.0377. The first-order valence-electron chi connectivity index (χ1n) is 6.76. The first kappa shape index (κ1) is 19.2. The van der Waals surface area contributed by atoms with Gasteiger partial charge in [0.25, 0.3) is 0 Å². The standard InChI is InChI=1S/C14H28I3N2/c1-7-8(13(2,3)18)12(17-6)11(16)9(10(7)15)14(4,5)19/h7-12H,18-19H2,1-6H3/q-1. The molecule has 1 rings (SSSR count). The zero-order valence-electron chi connectivity index (χ0n) is 12.8. The van der Waals surface area contributed by atoms with Gasteiger partial charge in [-0.25, -0.2) is 0 Å². The molecule has 0 aromatic rings. The van der Waals surface area contributed by atoms with Crippen LogP contribution in [0, 0.1) is 17.8 Å². The first-order chi connectivity index (χ1) is 8.42. The van der Waals surface area contributed by atoms with Gasteiger partial charge in [0.2, 0.25) is 0 Å². The van der Waals surface area contributed by atoms with Gasteiger partial charge in [0, 0.05) is 0 Å². The van der Waals surface area contributed by atoms with Crippen LogP contribution in [0.1, 0.15) is 34.6 Å². The Morgan fingerprint density at radius 2 is 1.32 bits per heavy atom. The summed E-state index contributed by atoms with van der Waals surface area (Å²) in [6.45, 7) is 11.2. The molecule has 1 aliphatic carbocycles. The van der Waals surface area contributed by atoms with Gasteiger partial charge in [-0.05, 0) is 0 Å². The number of halogens is 3. The van der Waals surface area contributed by atoms with Crippen LogP contribution < -0.4 is 32.7 Å². The van der Waals surface area contributed by atoms with E-state index in [1.807, 2.05) is 0 Å². The Kier molecular flexibility index (Phi) is 6.75. The van der Waals surface area contributed by atoms with Crippen LogP contribution in [0.2, 0.25) is 0 Å². The normalized spacial score (nSPS) is 41.6. The molecule has 0 aromatic heterocycles. The minimum absolute atomic E-state index is 0.0869. The molecule has 116 valence electrons. The van der Waals surface area contributed by atoms with Gasteiger partial charge in [0.05, 0.1) is 0 Å². The average Bonchev–Trinajstić information content (AvgIpc) is 2.19. The van der Waals surface area contributed by atoms with Crippen molar-refractivity contribution < 1.29 is 21.2 Å². The summed E-state index contributed by atoms with van der Waals surface area (Å²) in [6, 6.07) is 0. The van der Waals surface area contributed by atoms with Gasteiger partial charge in [-0.3, -0.25) is 0 Å². The van der Waals surface area contributed by atoms with Gasteiger partial charge in [-0.15, -0.1) is 0 Å². The zero-order valence-corrected chi connectivity index (χ0v) is 19.2. The van der Waals surface area contributed by atoms with Gasteiger partial charge < -0.3 is 0 Å². The second-order valence-electron chi connectivity index (χ2n) is 7.10. The van der Waals surface area contributed by atoms with Crippen LogP contribution in [-0.2, 0) is 0 Å². The quantitative estimate of drug-likeness (QED) is 0.353. The summed E-state index contributed by atoms with van der Waals surface area (Å²) in [5.41, 5.74) is 12.8. The molecule has 0 aliphatic heterocycles. The van der Waals surface area contributed by atoms with Crippen LogP contribution >= 0.6 is 45.2 Å². The fourth-order valence-corrected chi connectivity index (χ4v) is 13.3. The molecule has 0 aromatic carbocycles. The monoisotopic (exact) mass is 605 g/mol. The van der Waals surface area contributed by atoms with Gasteiger partial charge in [-0.2, -0.15) is 0 Å². The van der Waals surface area contributed by atoms with Crippen molar-refractivity contribution in [1.29, 1.82) is 0 Å². The summed E-state index contributed by atoms with van der Waals surface area (Å²) in [5, 5.41) is 0. The van der Waals surface area contributed by atoms with Crippen LogP contribution in [0.25, 0.3) is 0 Å². The summed E-state index contributed by atoms with van der Waals surface area (Å²) in [7, 11) is 0. The van der Waals surface area contributed by atoms with Crippen LogP contribution in [-0.4, -0.2) is 27.8 Å². The van der Waals surface area contributed by atoms with Crippen molar-refractivity contribution in [3.05, 3.63) is 0 Å². The van der Waals surface area contributed by atoms with E-state index in [4.69, 9.17) is 11.5 Å². The van der Waals surface area contributed by atoms with Gasteiger partial charge in [-0.1, -0.05) is 0 Å². The molecule has 2 nitrogen and oxygen atoms in total. The minimum atomic E-state index is -0.104. The van der Waals surface area contributed by atoms with E-state index < -0.39 is 0 Å². The molecule has 0 radical (unpaired) electrons. The van der Waals surface area contributed by atoms with Crippen molar-refractivity contribution in [1.82, 2.24) is 0 Å². The van der Waals surface area contributed by atoms with E-state index in [0.29, 0.717) is 25.6 Å². The molecule has 1 fully saturated rings. The molecular formula is C14H28I3N2-. The van der Waals surface area contributed by atoms with Crippen molar-refractivity contribution in [2.24, 2.45) is 29.2 Å². The van der Waals surface area contributed by atoms with E-state index in [2.05, 4.69) is 84.7 Å². The van der Waals surface area contributed by atoms with Crippen molar-refractivity contribution in [3.8, 4) is 0 Å². The number of nitrogens with two attached hydrogens (primary N) is 2. The Labute approximate surface area is 156 Å². The maximum absolute atomic E-state index is 6.53. The van der Waals surface area contributed by atoms with E-state index in [9.17, 15) is 0 Å². The number of rotatable bonds is 3. The first-order valence-corrected chi connectivity index (χ1v) is 12.7. The molecule has 0 saturated heterocycles. The van der Waals surface area contributed by atoms with Crippen LogP contribution in [0.4, 0.5) is 0 Å². The Morgan fingerprint density at radius 3 is 1.63 bits per heavy atom. The molecule has 1 aliphatic rings. The molecule has 6 atom stereocenters. The van der Waals surface area contributed by atoms with Crippen LogP contribution in [0.15, 0.2) is 0 Å². The third-order valence-electron chi connectivity index (χ3n) is 4.37. The third kappa shape index (κ3) is 4.10. The second kappa shape index (κ2) is 6.70. The summed E-state index contributed by atoms with van der Waals surface area (Å²) in [5.74, 6) is 1.84. The van der Waals surface area contributed by atoms with Gasteiger partial charge in [0.15, 0.2) is 0 Å². The molecule has 1 saturated carbocycles. The van der Waals surface area contributed by atoms with Crippen molar-refractivity contribution in [2.75, 3.05) is 4.93 Å².